The molecule has 4 aromatic carbocycles. The summed E-state index contributed by atoms with van der Waals surface area (Å²) in [6, 6.07) is 28.9. The van der Waals surface area contributed by atoms with Gasteiger partial charge in [-0.05, 0) is 71.9 Å². The zero-order valence-electron chi connectivity index (χ0n) is 33.8. The third-order valence-electron chi connectivity index (χ3n) is 10.8. The molecule has 4 aromatic rings. The van der Waals surface area contributed by atoms with E-state index in [4.69, 9.17) is 17.2 Å². The van der Waals surface area contributed by atoms with Crippen LogP contribution in [0.4, 0.5) is 0 Å². The summed E-state index contributed by atoms with van der Waals surface area (Å²) in [6.45, 7) is 1.06. The third kappa shape index (κ3) is 12.9. The quantitative estimate of drug-likeness (QED) is 0.0394. The minimum atomic E-state index is -1.27. The Balaban J connectivity index is 1.39. The zero-order valence-corrected chi connectivity index (χ0v) is 33.8. The first-order valence-corrected chi connectivity index (χ1v) is 20.2. The predicted molar refractivity (Wildman–Crippen MR) is 230 cm³/mol. The van der Waals surface area contributed by atoms with Gasteiger partial charge in [-0.3, -0.25) is 33.8 Å². The Morgan fingerprint density at radius 3 is 1.92 bits per heavy atom. The van der Waals surface area contributed by atoms with E-state index in [1.165, 1.54) is 6.92 Å². The number of rotatable bonds is 19. The van der Waals surface area contributed by atoms with Gasteiger partial charge in [0.25, 0.3) is 0 Å². The van der Waals surface area contributed by atoms with E-state index in [0.717, 1.165) is 27.5 Å². The van der Waals surface area contributed by atoms with Crippen LogP contribution in [-0.2, 0) is 41.6 Å². The second-order valence-electron chi connectivity index (χ2n) is 15.3. The van der Waals surface area contributed by atoms with Gasteiger partial charge in [0.05, 0.1) is 6.54 Å². The number of carbonyl (C=O) groups is 6. The minimum Gasteiger partial charge on any atom is -0.370 e. The fourth-order valence-corrected chi connectivity index (χ4v) is 7.70. The number of primary amides is 1. The van der Waals surface area contributed by atoms with Gasteiger partial charge in [0.2, 0.25) is 35.4 Å². The van der Waals surface area contributed by atoms with E-state index in [1.54, 1.807) is 0 Å². The third-order valence-corrected chi connectivity index (χ3v) is 10.8. The first-order valence-electron chi connectivity index (χ1n) is 20.2. The van der Waals surface area contributed by atoms with Gasteiger partial charge in [-0.25, -0.2) is 0 Å². The van der Waals surface area contributed by atoms with Gasteiger partial charge < -0.3 is 43.8 Å². The maximum Gasteiger partial charge on any atom is 0.246 e. The molecule has 0 spiro atoms. The first kappa shape index (κ1) is 44.3. The Bertz CT molecular complexity index is 2150. The zero-order chi connectivity index (χ0) is 43.1. The molecule has 1 aliphatic rings. The lowest BCUT2D eigenvalue weighted by Crippen LogP contribution is -2.64. The number of guanidine groups is 1. The lowest BCUT2D eigenvalue weighted by atomic mass is 9.73. The molecule has 0 radical (unpaired) electrons. The van der Waals surface area contributed by atoms with Crippen molar-refractivity contribution < 1.29 is 28.8 Å². The van der Waals surface area contributed by atoms with E-state index >= 15 is 0 Å². The maximum absolute atomic E-state index is 14.4. The first-order chi connectivity index (χ1) is 28.8. The average Bonchev–Trinajstić information content (AvgIpc) is 3.23. The van der Waals surface area contributed by atoms with Crippen LogP contribution < -0.4 is 43.8 Å². The van der Waals surface area contributed by atoms with Crippen molar-refractivity contribution in [3.63, 3.8) is 0 Å². The van der Waals surface area contributed by atoms with Crippen LogP contribution in [0.2, 0.25) is 0 Å². The van der Waals surface area contributed by atoms with Crippen molar-refractivity contribution in [1.82, 2.24) is 26.6 Å². The molecule has 15 heteroatoms. The summed E-state index contributed by atoms with van der Waals surface area (Å²) in [4.78, 5) is 84.6. The summed E-state index contributed by atoms with van der Waals surface area (Å²) in [7, 11) is 0. The standard InChI is InChI=1S/C45H55N9O6/c1-29(55)54-45(22-20-34(21-23-45)32-13-6-3-7-14-32)43(60)53-38(26-30-11-4-2-5-12-30)42(59)51-36(17-10-24-49-44(47)48)41(58)52-37(40(57)50-28-39(46)56)27-31-18-19-33-15-8-9-16-35(33)25-31/h2-9,11-16,18-19,25,34,36-38H,10,17,20-24,26-28H2,1H3,(H2,46,56)(H,50,57)(H,51,59)(H,52,58)(H,53,60)(H,54,55)(H4,47,48,49). The molecule has 0 aromatic heterocycles. The van der Waals surface area contributed by atoms with Crippen LogP contribution in [0.5, 0.6) is 0 Å². The number of aliphatic imine (C=N–C) groups is 1. The van der Waals surface area contributed by atoms with Gasteiger partial charge in [0, 0.05) is 26.3 Å². The summed E-state index contributed by atoms with van der Waals surface area (Å²) < 4.78 is 0. The van der Waals surface area contributed by atoms with E-state index in [0.29, 0.717) is 25.7 Å². The molecule has 3 atom stereocenters. The molecule has 0 aliphatic heterocycles. The Hall–Kier alpha value is -6.77. The summed E-state index contributed by atoms with van der Waals surface area (Å²) in [5.74, 6) is -3.58. The minimum absolute atomic E-state index is 0.0545. The van der Waals surface area contributed by atoms with Crippen molar-refractivity contribution in [3.05, 3.63) is 120 Å². The van der Waals surface area contributed by atoms with Gasteiger partial charge in [0.1, 0.15) is 23.7 Å². The second-order valence-corrected chi connectivity index (χ2v) is 15.3. The number of nitrogens with one attached hydrogen (secondary N) is 5. The Labute approximate surface area is 349 Å². The van der Waals surface area contributed by atoms with Crippen molar-refractivity contribution in [1.29, 1.82) is 0 Å². The van der Waals surface area contributed by atoms with Crippen LogP contribution in [-0.4, -0.2) is 78.2 Å². The van der Waals surface area contributed by atoms with Gasteiger partial charge >= 0.3 is 0 Å². The number of amides is 6. The molecule has 11 N–H and O–H groups in total. The van der Waals surface area contributed by atoms with Crippen LogP contribution in [0.25, 0.3) is 10.8 Å². The largest absolute Gasteiger partial charge is 0.370 e. The summed E-state index contributed by atoms with van der Waals surface area (Å²) in [5.41, 5.74) is 17.8. The highest BCUT2D eigenvalue weighted by molar-refractivity contribution is 5.97. The SMILES string of the molecule is CC(=O)NC1(C(=O)NC(Cc2ccccc2)C(=O)NC(CCCN=C(N)N)C(=O)NC(Cc2ccc3ccccc3c2)C(=O)NCC(N)=O)CCC(c2ccccc2)CC1. The highest BCUT2D eigenvalue weighted by Gasteiger charge is 2.44. The lowest BCUT2D eigenvalue weighted by molar-refractivity contribution is -0.138. The summed E-state index contributed by atoms with van der Waals surface area (Å²) >= 11 is 0. The van der Waals surface area contributed by atoms with Gasteiger partial charge in [0.15, 0.2) is 5.96 Å². The molecule has 15 nitrogen and oxygen atoms in total. The molecule has 0 saturated heterocycles. The fourth-order valence-electron chi connectivity index (χ4n) is 7.70. The van der Waals surface area contributed by atoms with E-state index in [1.807, 2.05) is 91.0 Å². The number of hydrogen-bond donors (Lipinski definition) is 8. The lowest BCUT2D eigenvalue weighted by Gasteiger charge is -2.40. The van der Waals surface area contributed by atoms with Crippen LogP contribution in [0.15, 0.2) is 108 Å². The van der Waals surface area contributed by atoms with Crippen molar-refractivity contribution in [2.75, 3.05) is 13.1 Å². The highest BCUT2D eigenvalue weighted by Crippen LogP contribution is 2.38. The van der Waals surface area contributed by atoms with Crippen LogP contribution in [0, 0.1) is 0 Å². The van der Waals surface area contributed by atoms with E-state index in [2.05, 4.69) is 43.7 Å². The maximum atomic E-state index is 14.4. The van der Waals surface area contributed by atoms with E-state index in [-0.39, 0.29) is 50.0 Å². The van der Waals surface area contributed by atoms with Gasteiger partial charge in [-0.15, -0.1) is 0 Å². The highest BCUT2D eigenvalue weighted by atomic mass is 16.2. The molecule has 0 bridgehead atoms. The van der Waals surface area contributed by atoms with Gasteiger partial charge in [-0.1, -0.05) is 103 Å². The second kappa shape index (κ2) is 21.3. The molecule has 6 amide bonds. The monoisotopic (exact) mass is 817 g/mol. The summed E-state index contributed by atoms with van der Waals surface area (Å²) in [5, 5.41) is 15.9. The van der Waals surface area contributed by atoms with Crippen LogP contribution in [0.3, 0.4) is 0 Å². The van der Waals surface area contributed by atoms with Crippen molar-refractivity contribution in [2.45, 2.75) is 87.9 Å². The molecular formula is C45H55N9O6. The topological polar surface area (TPSA) is 253 Å². The number of nitrogens with zero attached hydrogens (tertiary/aromatic N) is 1. The summed E-state index contributed by atoms with van der Waals surface area (Å²) in [6.07, 6.45) is 2.43. The number of benzene rings is 4. The van der Waals surface area contributed by atoms with E-state index < -0.39 is 59.7 Å². The molecule has 5 rings (SSSR count). The average molecular weight is 818 g/mol. The molecule has 1 saturated carbocycles. The number of fused-ring (bicyclic) bond motifs is 1. The molecule has 1 fully saturated rings. The Morgan fingerprint density at radius 2 is 1.27 bits per heavy atom. The molecule has 1 aliphatic carbocycles. The molecule has 3 unspecified atom stereocenters. The molecule has 0 heterocycles. The van der Waals surface area contributed by atoms with E-state index in [9.17, 15) is 28.8 Å². The smallest absolute Gasteiger partial charge is 0.246 e. The van der Waals surface area contributed by atoms with Crippen molar-refractivity contribution in [2.24, 2.45) is 22.2 Å². The normalized spacial score (nSPS) is 17.5. The van der Waals surface area contributed by atoms with Crippen LogP contribution >= 0.6 is 0 Å². The number of nitrogens with two attached hydrogens (primary N) is 3. The molecule has 60 heavy (non-hydrogen) atoms. The van der Waals surface area contributed by atoms with Crippen molar-refractivity contribution >= 4 is 52.2 Å². The van der Waals surface area contributed by atoms with Crippen LogP contribution in [0.1, 0.15) is 68.1 Å². The fraction of sp³-hybridized carbons (Fsp3) is 0.356. The molecule has 316 valence electrons. The van der Waals surface area contributed by atoms with Gasteiger partial charge in [-0.2, -0.15) is 0 Å². The Kier molecular flexibility index (Phi) is 15.7. The number of hydrogen-bond acceptors (Lipinski definition) is 7. The molecular weight excluding hydrogens is 763 g/mol. The Morgan fingerprint density at radius 1 is 0.683 bits per heavy atom. The van der Waals surface area contributed by atoms with Crippen molar-refractivity contribution in [3.8, 4) is 0 Å². The predicted octanol–water partition coefficient (Wildman–Crippen LogP) is 1.97. The number of carbonyl (C=O) groups excluding carboxylic acids is 6.